The van der Waals surface area contributed by atoms with Gasteiger partial charge in [-0.3, -0.25) is 0 Å². The molecule has 1 N–H and O–H groups in total. The Morgan fingerprint density at radius 2 is 1.84 bits per heavy atom. The van der Waals surface area contributed by atoms with Crippen molar-refractivity contribution < 1.29 is 5.11 Å². The van der Waals surface area contributed by atoms with Gasteiger partial charge in [0, 0.05) is 0 Å². The van der Waals surface area contributed by atoms with Crippen molar-refractivity contribution in [1.82, 2.24) is 0 Å². The summed E-state index contributed by atoms with van der Waals surface area (Å²) in [6, 6.07) is 10.6. The highest BCUT2D eigenvalue weighted by Gasteiger charge is 2.38. The molecule has 2 rings (SSSR count). The van der Waals surface area contributed by atoms with Gasteiger partial charge in [0.15, 0.2) is 0 Å². The first-order valence-corrected chi connectivity index (χ1v) is 7.40. The zero-order valence-electron chi connectivity index (χ0n) is 11.7. The van der Waals surface area contributed by atoms with Crippen molar-refractivity contribution in [1.29, 1.82) is 5.26 Å². The lowest BCUT2D eigenvalue weighted by atomic mass is 9.73. The summed E-state index contributed by atoms with van der Waals surface area (Å²) in [6.07, 6.45) is 6.94. The molecule has 1 fully saturated rings. The molecule has 0 aromatic heterocycles. The van der Waals surface area contributed by atoms with Gasteiger partial charge in [-0.05, 0) is 30.4 Å². The highest BCUT2D eigenvalue weighted by Crippen LogP contribution is 2.39. The summed E-state index contributed by atoms with van der Waals surface area (Å²) in [7, 11) is 0. The molecule has 1 aliphatic rings. The Kier molecular flexibility index (Phi) is 4.61. The van der Waals surface area contributed by atoms with E-state index in [2.05, 4.69) is 25.1 Å². The van der Waals surface area contributed by atoms with E-state index >= 15 is 0 Å². The molecule has 1 aromatic carbocycles. The van der Waals surface area contributed by atoms with E-state index in [4.69, 9.17) is 0 Å². The number of rotatable bonds is 4. The van der Waals surface area contributed by atoms with Crippen LogP contribution in [0.25, 0.3) is 0 Å². The summed E-state index contributed by atoms with van der Waals surface area (Å²) in [5.41, 5.74) is 1.45. The van der Waals surface area contributed by atoms with Crippen LogP contribution in [-0.4, -0.2) is 10.7 Å². The minimum atomic E-state index is -0.820. The Labute approximate surface area is 116 Å². The third-order valence-corrected chi connectivity index (χ3v) is 4.24. The number of benzene rings is 1. The number of nitrogens with zero attached hydrogens (tertiary/aromatic N) is 1. The van der Waals surface area contributed by atoms with Crippen molar-refractivity contribution in [3.8, 4) is 6.07 Å². The van der Waals surface area contributed by atoms with Crippen LogP contribution in [0.3, 0.4) is 0 Å². The quantitative estimate of drug-likeness (QED) is 0.887. The molecule has 19 heavy (non-hydrogen) atoms. The zero-order valence-corrected chi connectivity index (χ0v) is 11.7. The third kappa shape index (κ3) is 3.16. The summed E-state index contributed by atoms with van der Waals surface area (Å²) in [6.45, 7) is 2.16. The van der Waals surface area contributed by atoms with Crippen LogP contribution in [0.2, 0.25) is 0 Å². The first kappa shape index (κ1) is 14.1. The van der Waals surface area contributed by atoms with Crippen LogP contribution in [0, 0.1) is 11.3 Å². The normalized spacial score (nSPS) is 19.6. The predicted octanol–water partition coefficient (Wildman–Crippen LogP) is 3.94. The predicted molar refractivity (Wildman–Crippen MR) is 76.8 cm³/mol. The molecule has 2 nitrogen and oxygen atoms in total. The molecule has 1 unspecified atom stereocenters. The van der Waals surface area contributed by atoms with E-state index in [1.165, 1.54) is 12.0 Å². The third-order valence-electron chi connectivity index (χ3n) is 4.24. The van der Waals surface area contributed by atoms with E-state index in [0.717, 1.165) is 44.1 Å². The van der Waals surface area contributed by atoms with E-state index < -0.39 is 5.60 Å². The van der Waals surface area contributed by atoms with E-state index in [-0.39, 0.29) is 5.92 Å². The highest BCUT2D eigenvalue weighted by atomic mass is 16.3. The molecule has 0 spiro atoms. The zero-order chi connectivity index (χ0) is 13.7. The van der Waals surface area contributed by atoms with Crippen molar-refractivity contribution in [3.63, 3.8) is 0 Å². The maximum atomic E-state index is 10.7. The van der Waals surface area contributed by atoms with Gasteiger partial charge in [-0.1, -0.05) is 56.9 Å². The first-order valence-electron chi connectivity index (χ1n) is 7.40. The molecular weight excluding hydrogens is 234 g/mol. The van der Waals surface area contributed by atoms with Gasteiger partial charge in [0.05, 0.1) is 17.6 Å². The molecule has 0 radical (unpaired) electrons. The van der Waals surface area contributed by atoms with Crippen LogP contribution in [0.15, 0.2) is 24.3 Å². The molecule has 1 atom stereocenters. The van der Waals surface area contributed by atoms with E-state index in [1.54, 1.807) is 0 Å². The number of aryl methyl sites for hydroxylation is 1. The Balaban J connectivity index is 2.19. The average Bonchev–Trinajstić information content (AvgIpc) is 2.42. The van der Waals surface area contributed by atoms with Gasteiger partial charge >= 0.3 is 0 Å². The van der Waals surface area contributed by atoms with Crippen LogP contribution in [-0.2, 0) is 6.42 Å². The molecule has 0 heterocycles. The number of nitriles is 1. The number of hydrogen-bond acceptors (Lipinski definition) is 2. The Morgan fingerprint density at radius 1 is 1.21 bits per heavy atom. The molecule has 1 saturated carbocycles. The maximum absolute atomic E-state index is 10.7. The summed E-state index contributed by atoms with van der Waals surface area (Å²) in [4.78, 5) is 0. The van der Waals surface area contributed by atoms with Crippen LogP contribution in [0.1, 0.15) is 62.5 Å². The second-order valence-corrected chi connectivity index (χ2v) is 5.72. The summed E-state index contributed by atoms with van der Waals surface area (Å²) >= 11 is 0. The maximum Gasteiger partial charge on any atom is 0.0999 e. The van der Waals surface area contributed by atoms with Gasteiger partial charge in [-0.25, -0.2) is 0 Å². The number of aliphatic hydroxyl groups is 1. The topological polar surface area (TPSA) is 44.0 Å². The summed E-state index contributed by atoms with van der Waals surface area (Å²) < 4.78 is 0. The minimum Gasteiger partial charge on any atom is -0.388 e. The van der Waals surface area contributed by atoms with Crippen LogP contribution in [0.5, 0.6) is 0 Å². The molecule has 0 saturated heterocycles. The molecule has 0 amide bonds. The lowest BCUT2D eigenvalue weighted by Crippen LogP contribution is -2.37. The fraction of sp³-hybridized carbons (Fsp3) is 0.588. The van der Waals surface area contributed by atoms with Gasteiger partial charge in [-0.2, -0.15) is 5.26 Å². The lowest BCUT2D eigenvalue weighted by molar-refractivity contribution is -0.00714. The molecule has 102 valence electrons. The molecular formula is C17H23NO. The molecule has 1 aliphatic carbocycles. The second-order valence-electron chi connectivity index (χ2n) is 5.72. The molecule has 2 heteroatoms. The fourth-order valence-corrected chi connectivity index (χ4v) is 3.12. The van der Waals surface area contributed by atoms with E-state index in [0.29, 0.717) is 0 Å². The van der Waals surface area contributed by atoms with Gasteiger partial charge in [0.25, 0.3) is 0 Å². The van der Waals surface area contributed by atoms with E-state index in [9.17, 15) is 10.4 Å². The number of hydrogen-bond donors (Lipinski definition) is 1. The van der Waals surface area contributed by atoms with Crippen LogP contribution >= 0.6 is 0 Å². The highest BCUT2D eigenvalue weighted by molar-refractivity contribution is 5.32. The lowest BCUT2D eigenvalue weighted by Gasteiger charge is -2.36. The smallest absolute Gasteiger partial charge is 0.0999 e. The first-order chi connectivity index (χ1) is 9.19. The SMILES string of the molecule is CCCc1ccc(C(C#N)C2(O)CCCCC2)cc1. The van der Waals surface area contributed by atoms with Crippen LogP contribution in [0.4, 0.5) is 0 Å². The second kappa shape index (κ2) is 6.21. The van der Waals surface area contributed by atoms with Crippen molar-refractivity contribution in [2.45, 2.75) is 63.4 Å². The van der Waals surface area contributed by atoms with Crippen molar-refractivity contribution in [2.24, 2.45) is 0 Å². The Morgan fingerprint density at radius 3 is 2.37 bits per heavy atom. The van der Waals surface area contributed by atoms with Gasteiger partial charge in [-0.15, -0.1) is 0 Å². The summed E-state index contributed by atoms with van der Waals surface area (Å²) in [5.74, 6) is -0.386. The fourth-order valence-electron chi connectivity index (χ4n) is 3.12. The Hall–Kier alpha value is -1.33. The molecule has 0 bridgehead atoms. The summed E-state index contributed by atoms with van der Waals surface area (Å²) in [5, 5.41) is 20.2. The van der Waals surface area contributed by atoms with Crippen molar-refractivity contribution in [3.05, 3.63) is 35.4 Å². The molecule has 0 aliphatic heterocycles. The largest absolute Gasteiger partial charge is 0.388 e. The van der Waals surface area contributed by atoms with Crippen molar-refractivity contribution in [2.75, 3.05) is 0 Å². The van der Waals surface area contributed by atoms with Gasteiger partial charge < -0.3 is 5.11 Å². The Bertz CT molecular complexity index is 437. The average molecular weight is 257 g/mol. The monoisotopic (exact) mass is 257 g/mol. The van der Waals surface area contributed by atoms with E-state index in [1.807, 2.05) is 12.1 Å². The standard InChI is InChI=1S/C17H23NO/c1-2-6-14-7-9-15(10-8-14)16(13-18)17(19)11-4-3-5-12-17/h7-10,16,19H,2-6,11-12H2,1H3. The van der Waals surface area contributed by atoms with Gasteiger partial charge in [0.1, 0.15) is 0 Å². The van der Waals surface area contributed by atoms with Gasteiger partial charge in [0.2, 0.25) is 0 Å². The minimum absolute atomic E-state index is 0.386. The van der Waals surface area contributed by atoms with Crippen LogP contribution < -0.4 is 0 Å². The van der Waals surface area contributed by atoms with Crippen molar-refractivity contribution >= 4 is 0 Å². The molecule has 1 aromatic rings.